The number of carbonyl (C=O) groups is 1. The number of hydrogen-bond acceptors (Lipinski definition) is 4. The molecule has 6 heteroatoms. The lowest BCUT2D eigenvalue weighted by atomic mass is 10.2. The Kier molecular flexibility index (Phi) is 5.76. The average molecular weight is 294 g/mol. The first-order chi connectivity index (χ1) is 10.1. The van der Waals surface area contributed by atoms with Crippen LogP contribution in [0.1, 0.15) is 36.6 Å². The van der Waals surface area contributed by atoms with Crippen molar-refractivity contribution < 1.29 is 9.53 Å². The van der Waals surface area contributed by atoms with E-state index in [2.05, 4.69) is 33.6 Å². The lowest BCUT2D eigenvalue weighted by Gasteiger charge is -2.28. The van der Waals surface area contributed by atoms with Gasteiger partial charge in [0.15, 0.2) is 0 Å². The number of methoxy groups -OCH3 is 1. The van der Waals surface area contributed by atoms with Crippen molar-refractivity contribution in [2.45, 2.75) is 33.4 Å². The molecule has 0 saturated heterocycles. The highest BCUT2D eigenvalue weighted by molar-refractivity contribution is 5.92. The summed E-state index contributed by atoms with van der Waals surface area (Å²) >= 11 is 0. The molecule has 118 valence electrons. The highest BCUT2D eigenvalue weighted by Gasteiger charge is 2.21. The summed E-state index contributed by atoms with van der Waals surface area (Å²) in [4.78, 5) is 18.9. The molecule has 1 aromatic heterocycles. The van der Waals surface area contributed by atoms with Gasteiger partial charge in [-0.1, -0.05) is 13.8 Å². The normalized spacial score (nSPS) is 15.2. The highest BCUT2D eigenvalue weighted by atomic mass is 16.5. The van der Waals surface area contributed by atoms with Crippen LogP contribution in [0.4, 0.5) is 0 Å². The Morgan fingerprint density at radius 2 is 2.29 bits per heavy atom. The standard InChI is InChI=1S/C15H26N4O2/c1-12(2)9-18-6-7-19-10-13(17-14(19)11-18)15(20)16-5-4-8-21-3/h10,12H,4-9,11H2,1-3H3,(H,16,20). The van der Waals surface area contributed by atoms with Crippen molar-refractivity contribution in [3.63, 3.8) is 0 Å². The summed E-state index contributed by atoms with van der Waals surface area (Å²) in [5.74, 6) is 1.54. The second-order valence-electron chi connectivity index (χ2n) is 5.97. The molecule has 1 N–H and O–H groups in total. The molecule has 21 heavy (non-hydrogen) atoms. The smallest absolute Gasteiger partial charge is 0.271 e. The van der Waals surface area contributed by atoms with Crippen LogP contribution in [-0.4, -0.2) is 53.7 Å². The third-order valence-electron chi connectivity index (χ3n) is 3.55. The molecule has 0 aromatic carbocycles. The van der Waals surface area contributed by atoms with Crippen molar-refractivity contribution in [3.8, 4) is 0 Å². The van der Waals surface area contributed by atoms with Crippen LogP contribution in [0.15, 0.2) is 6.20 Å². The molecule has 0 saturated carbocycles. The van der Waals surface area contributed by atoms with Crippen molar-refractivity contribution >= 4 is 5.91 Å². The van der Waals surface area contributed by atoms with Crippen molar-refractivity contribution in [2.75, 3.05) is 33.4 Å². The summed E-state index contributed by atoms with van der Waals surface area (Å²) in [6.07, 6.45) is 2.69. The number of ether oxygens (including phenoxy) is 1. The molecule has 2 heterocycles. The molecular formula is C15H26N4O2. The summed E-state index contributed by atoms with van der Waals surface area (Å²) in [6, 6.07) is 0. The predicted octanol–water partition coefficient (Wildman–Crippen LogP) is 1.12. The number of fused-ring (bicyclic) bond motifs is 1. The molecular weight excluding hydrogens is 268 g/mol. The topological polar surface area (TPSA) is 59.4 Å². The lowest BCUT2D eigenvalue weighted by molar-refractivity contribution is 0.0944. The van der Waals surface area contributed by atoms with Gasteiger partial charge in [-0.3, -0.25) is 9.69 Å². The van der Waals surface area contributed by atoms with Gasteiger partial charge in [0.2, 0.25) is 0 Å². The Hall–Kier alpha value is -1.40. The van der Waals surface area contributed by atoms with Gasteiger partial charge in [0, 0.05) is 46.1 Å². The quantitative estimate of drug-likeness (QED) is 0.766. The van der Waals surface area contributed by atoms with Gasteiger partial charge in [-0.25, -0.2) is 4.98 Å². The van der Waals surface area contributed by atoms with E-state index in [1.54, 1.807) is 7.11 Å². The average Bonchev–Trinajstić information content (AvgIpc) is 2.86. The summed E-state index contributed by atoms with van der Waals surface area (Å²) in [6.45, 7) is 9.56. The van der Waals surface area contributed by atoms with Crippen LogP contribution in [-0.2, 0) is 17.8 Å². The van der Waals surface area contributed by atoms with E-state index in [4.69, 9.17) is 4.74 Å². The van der Waals surface area contributed by atoms with E-state index in [1.165, 1.54) is 0 Å². The van der Waals surface area contributed by atoms with E-state index in [1.807, 2.05) is 6.20 Å². The number of imidazole rings is 1. The molecule has 0 bridgehead atoms. The van der Waals surface area contributed by atoms with Crippen LogP contribution in [0.2, 0.25) is 0 Å². The number of rotatable bonds is 7. The summed E-state index contributed by atoms with van der Waals surface area (Å²) in [5, 5.41) is 2.88. The van der Waals surface area contributed by atoms with Crippen molar-refractivity contribution in [3.05, 3.63) is 17.7 Å². The van der Waals surface area contributed by atoms with Crippen molar-refractivity contribution in [1.29, 1.82) is 0 Å². The summed E-state index contributed by atoms with van der Waals surface area (Å²) < 4.78 is 7.06. The Morgan fingerprint density at radius 1 is 1.48 bits per heavy atom. The van der Waals surface area contributed by atoms with Crippen molar-refractivity contribution in [2.24, 2.45) is 5.92 Å². The van der Waals surface area contributed by atoms with Crippen LogP contribution >= 0.6 is 0 Å². The molecule has 1 aromatic rings. The predicted molar refractivity (Wildman–Crippen MR) is 81.2 cm³/mol. The fourth-order valence-corrected chi connectivity index (χ4v) is 2.59. The van der Waals surface area contributed by atoms with E-state index in [9.17, 15) is 4.79 Å². The Morgan fingerprint density at radius 3 is 3.00 bits per heavy atom. The first kappa shape index (κ1) is 16.0. The molecule has 1 aliphatic heterocycles. The monoisotopic (exact) mass is 294 g/mol. The van der Waals surface area contributed by atoms with E-state index < -0.39 is 0 Å². The zero-order valence-electron chi connectivity index (χ0n) is 13.3. The highest BCUT2D eigenvalue weighted by Crippen LogP contribution is 2.14. The van der Waals surface area contributed by atoms with Crippen LogP contribution in [0.5, 0.6) is 0 Å². The van der Waals surface area contributed by atoms with Gasteiger partial charge >= 0.3 is 0 Å². The maximum atomic E-state index is 12.0. The zero-order valence-corrected chi connectivity index (χ0v) is 13.3. The second-order valence-corrected chi connectivity index (χ2v) is 5.97. The van der Waals surface area contributed by atoms with E-state index in [-0.39, 0.29) is 5.91 Å². The maximum absolute atomic E-state index is 12.0. The molecule has 0 radical (unpaired) electrons. The Balaban J connectivity index is 1.90. The largest absolute Gasteiger partial charge is 0.385 e. The molecule has 6 nitrogen and oxygen atoms in total. The summed E-state index contributed by atoms with van der Waals surface area (Å²) in [5.41, 5.74) is 0.522. The molecule has 2 rings (SSSR count). The molecule has 0 unspecified atom stereocenters. The molecule has 0 fully saturated rings. The minimum absolute atomic E-state index is 0.0941. The molecule has 0 atom stereocenters. The number of carbonyl (C=O) groups excluding carboxylic acids is 1. The van der Waals surface area contributed by atoms with Gasteiger partial charge in [0.1, 0.15) is 11.5 Å². The number of nitrogens with zero attached hydrogens (tertiary/aromatic N) is 3. The Bertz CT molecular complexity index is 470. The van der Waals surface area contributed by atoms with Crippen molar-refractivity contribution in [1.82, 2.24) is 19.8 Å². The van der Waals surface area contributed by atoms with Crippen LogP contribution < -0.4 is 5.32 Å². The van der Waals surface area contributed by atoms with Gasteiger partial charge in [0.05, 0.1) is 6.54 Å². The third-order valence-corrected chi connectivity index (χ3v) is 3.55. The minimum atomic E-state index is -0.0941. The van der Waals surface area contributed by atoms with Crippen LogP contribution in [0.3, 0.4) is 0 Å². The Labute approximate surface area is 126 Å². The summed E-state index contributed by atoms with van der Waals surface area (Å²) in [7, 11) is 1.66. The lowest BCUT2D eigenvalue weighted by Crippen LogP contribution is -2.35. The van der Waals surface area contributed by atoms with Gasteiger partial charge in [0.25, 0.3) is 5.91 Å². The fraction of sp³-hybridized carbons (Fsp3) is 0.733. The van der Waals surface area contributed by atoms with Gasteiger partial charge in [-0.15, -0.1) is 0 Å². The molecule has 0 spiro atoms. The molecule has 1 amide bonds. The number of hydrogen-bond donors (Lipinski definition) is 1. The molecule has 0 aliphatic carbocycles. The fourth-order valence-electron chi connectivity index (χ4n) is 2.59. The van der Waals surface area contributed by atoms with E-state index in [0.29, 0.717) is 24.8 Å². The van der Waals surface area contributed by atoms with Crippen LogP contribution in [0, 0.1) is 5.92 Å². The SMILES string of the molecule is COCCCNC(=O)c1cn2c(n1)CN(CC(C)C)CC2. The number of nitrogens with one attached hydrogen (secondary N) is 1. The van der Waals surface area contributed by atoms with Crippen LogP contribution in [0.25, 0.3) is 0 Å². The number of aromatic nitrogens is 2. The second kappa shape index (κ2) is 7.56. The maximum Gasteiger partial charge on any atom is 0.271 e. The number of amides is 1. The first-order valence-corrected chi connectivity index (χ1v) is 7.65. The van der Waals surface area contributed by atoms with E-state index >= 15 is 0 Å². The first-order valence-electron chi connectivity index (χ1n) is 7.65. The molecule has 1 aliphatic rings. The van der Waals surface area contributed by atoms with Gasteiger partial charge < -0.3 is 14.6 Å². The van der Waals surface area contributed by atoms with E-state index in [0.717, 1.165) is 38.4 Å². The third kappa shape index (κ3) is 4.54. The zero-order chi connectivity index (χ0) is 15.2. The van der Waals surface area contributed by atoms with Gasteiger partial charge in [-0.05, 0) is 12.3 Å². The minimum Gasteiger partial charge on any atom is -0.385 e. The van der Waals surface area contributed by atoms with Gasteiger partial charge in [-0.2, -0.15) is 0 Å².